The van der Waals surface area contributed by atoms with Crippen molar-refractivity contribution < 1.29 is 0 Å². The quantitative estimate of drug-likeness (QED) is 0.789. The Balaban J connectivity index is 1.91. The molecule has 5 heteroatoms. The van der Waals surface area contributed by atoms with E-state index in [1.54, 1.807) is 0 Å². The Morgan fingerprint density at radius 2 is 2.28 bits per heavy atom. The van der Waals surface area contributed by atoms with E-state index < -0.39 is 0 Å². The van der Waals surface area contributed by atoms with Crippen LogP contribution in [0.15, 0.2) is 31.2 Å². The lowest BCUT2D eigenvalue weighted by Crippen LogP contribution is -2.10. The predicted octanol–water partition coefficient (Wildman–Crippen LogP) is 1.77. The second-order valence-corrected chi connectivity index (χ2v) is 4.35. The Morgan fingerprint density at radius 1 is 1.44 bits per heavy atom. The van der Waals surface area contributed by atoms with E-state index in [4.69, 9.17) is 0 Å². The fraction of sp³-hybridized carbons (Fsp3) is 0.385. The number of imidazole rings is 1. The number of rotatable bonds is 6. The van der Waals surface area contributed by atoms with Gasteiger partial charge in [-0.15, -0.1) is 6.58 Å². The van der Waals surface area contributed by atoms with Crippen molar-refractivity contribution in [2.45, 2.75) is 19.9 Å². The second-order valence-electron chi connectivity index (χ2n) is 4.35. The van der Waals surface area contributed by atoms with Crippen molar-refractivity contribution in [1.29, 1.82) is 0 Å². The van der Waals surface area contributed by atoms with Gasteiger partial charge >= 0.3 is 0 Å². The Labute approximate surface area is 107 Å². The molecule has 2 heterocycles. The molecule has 0 spiro atoms. The van der Waals surface area contributed by atoms with E-state index in [1.165, 1.54) is 5.56 Å². The highest BCUT2D eigenvalue weighted by molar-refractivity contribution is 5.29. The topological polar surface area (TPSA) is 47.7 Å². The summed E-state index contributed by atoms with van der Waals surface area (Å²) in [5, 5.41) is 7.49. The summed E-state index contributed by atoms with van der Waals surface area (Å²) < 4.78 is 3.88. The van der Waals surface area contributed by atoms with Gasteiger partial charge in [0.1, 0.15) is 0 Å². The van der Waals surface area contributed by atoms with Gasteiger partial charge in [0.05, 0.1) is 11.9 Å². The van der Waals surface area contributed by atoms with E-state index in [2.05, 4.69) is 26.5 Å². The number of nitrogens with one attached hydrogen (secondary N) is 1. The van der Waals surface area contributed by atoms with Gasteiger partial charge < -0.3 is 9.88 Å². The summed E-state index contributed by atoms with van der Waals surface area (Å²) in [5.41, 5.74) is 2.24. The van der Waals surface area contributed by atoms with Crippen LogP contribution >= 0.6 is 0 Å². The molecule has 0 unspecified atom stereocenters. The number of aryl methyl sites for hydroxylation is 2. The highest BCUT2D eigenvalue weighted by Crippen LogP contribution is 2.08. The van der Waals surface area contributed by atoms with E-state index >= 15 is 0 Å². The molecule has 0 aliphatic rings. The van der Waals surface area contributed by atoms with Crippen LogP contribution in [0.3, 0.4) is 0 Å². The van der Waals surface area contributed by atoms with Gasteiger partial charge in [-0.05, 0) is 18.9 Å². The Morgan fingerprint density at radius 3 is 2.94 bits per heavy atom. The number of hydrogen-bond acceptors (Lipinski definition) is 3. The SMILES string of the molecule is C=CCn1cc(C)nc1NCCc1cnn(C)c1. The molecule has 0 aromatic carbocycles. The highest BCUT2D eigenvalue weighted by Gasteiger charge is 2.03. The molecule has 0 amide bonds. The molecular formula is C13H19N5. The van der Waals surface area contributed by atoms with Crippen molar-refractivity contribution in [3.05, 3.63) is 42.5 Å². The highest BCUT2D eigenvalue weighted by atomic mass is 15.2. The maximum absolute atomic E-state index is 4.45. The molecule has 2 aromatic heterocycles. The minimum Gasteiger partial charge on any atom is -0.355 e. The zero-order valence-corrected chi connectivity index (χ0v) is 10.9. The lowest BCUT2D eigenvalue weighted by molar-refractivity contribution is 0.766. The fourth-order valence-electron chi connectivity index (χ4n) is 1.89. The third kappa shape index (κ3) is 3.00. The average molecular weight is 245 g/mol. The first-order valence-corrected chi connectivity index (χ1v) is 6.05. The Bertz CT molecular complexity index is 523. The van der Waals surface area contributed by atoms with Gasteiger partial charge in [0.2, 0.25) is 5.95 Å². The lowest BCUT2D eigenvalue weighted by Gasteiger charge is -2.06. The summed E-state index contributed by atoms with van der Waals surface area (Å²) in [7, 11) is 1.93. The van der Waals surface area contributed by atoms with E-state index in [1.807, 2.05) is 43.3 Å². The lowest BCUT2D eigenvalue weighted by atomic mass is 10.2. The van der Waals surface area contributed by atoms with Gasteiger partial charge in [-0.1, -0.05) is 6.08 Å². The van der Waals surface area contributed by atoms with E-state index in [9.17, 15) is 0 Å². The number of hydrogen-bond donors (Lipinski definition) is 1. The van der Waals surface area contributed by atoms with E-state index in [-0.39, 0.29) is 0 Å². The monoisotopic (exact) mass is 245 g/mol. The van der Waals surface area contributed by atoms with Gasteiger partial charge in [-0.3, -0.25) is 4.68 Å². The summed E-state index contributed by atoms with van der Waals surface area (Å²) in [5.74, 6) is 0.899. The van der Waals surface area contributed by atoms with Crippen LogP contribution < -0.4 is 5.32 Å². The first-order chi connectivity index (χ1) is 8.69. The van der Waals surface area contributed by atoms with Crippen LogP contribution in [0.4, 0.5) is 5.95 Å². The maximum atomic E-state index is 4.45. The molecule has 0 aliphatic carbocycles. The summed E-state index contributed by atoms with van der Waals surface area (Å²) in [6, 6.07) is 0. The van der Waals surface area contributed by atoms with Crippen LogP contribution in [-0.2, 0) is 20.0 Å². The molecule has 18 heavy (non-hydrogen) atoms. The maximum Gasteiger partial charge on any atom is 0.203 e. The van der Waals surface area contributed by atoms with Crippen LogP contribution in [0.5, 0.6) is 0 Å². The molecule has 0 saturated heterocycles. The van der Waals surface area contributed by atoms with Crippen LogP contribution in [0, 0.1) is 6.92 Å². The third-order valence-electron chi connectivity index (χ3n) is 2.68. The second kappa shape index (κ2) is 5.53. The van der Waals surface area contributed by atoms with Gasteiger partial charge in [0.25, 0.3) is 0 Å². The van der Waals surface area contributed by atoms with Crippen molar-refractivity contribution in [3.8, 4) is 0 Å². The molecule has 0 bridgehead atoms. The molecule has 0 fully saturated rings. The fourth-order valence-corrected chi connectivity index (χ4v) is 1.89. The molecule has 2 aromatic rings. The largest absolute Gasteiger partial charge is 0.355 e. The van der Waals surface area contributed by atoms with Crippen molar-refractivity contribution >= 4 is 5.95 Å². The van der Waals surface area contributed by atoms with E-state index in [0.717, 1.165) is 31.2 Å². The number of anilines is 1. The third-order valence-corrected chi connectivity index (χ3v) is 2.68. The Kier molecular flexibility index (Phi) is 3.82. The first kappa shape index (κ1) is 12.4. The van der Waals surface area contributed by atoms with Gasteiger partial charge in [-0.2, -0.15) is 5.10 Å². The summed E-state index contributed by atoms with van der Waals surface area (Å²) in [6.45, 7) is 7.36. The minimum atomic E-state index is 0.774. The normalized spacial score (nSPS) is 10.6. The number of allylic oxidation sites excluding steroid dienone is 1. The van der Waals surface area contributed by atoms with Crippen LogP contribution in [0.1, 0.15) is 11.3 Å². The van der Waals surface area contributed by atoms with Gasteiger partial charge in [0.15, 0.2) is 0 Å². The van der Waals surface area contributed by atoms with Crippen molar-refractivity contribution in [3.63, 3.8) is 0 Å². The molecule has 0 radical (unpaired) electrons. The van der Waals surface area contributed by atoms with Crippen LogP contribution in [0.25, 0.3) is 0 Å². The summed E-state index contributed by atoms with van der Waals surface area (Å²) in [4.78, 5) is 4.45. The van der Waals surface area contributed by atoms with Crippen LogP contribution in [0.2, 0.25) is 0 Å². The summed E-state index contributed by atoms with van der Waals surface area (Å²) >= 11 is 0. The minimum absolute atomic E-state index is 0.774. The summed E-state index contributed by atoms with van der Waals surface area (Å²) in [6.07, 6.45) is 8.75. The molecule has 0 aliphatic heterocycles. The molecule has 5 nitrogen and oxygen atoms in total. The standard InChI is InChI=1S/C13H19N5/c1-4-7-18-9-11(2)16-13(18)14-6-5-12-8-15-17(3)10-12/h4,8-10H,1,5-7H2,2-3H3,(H,14,16). The van der Waals surface area contributed by atoms with Gasteiger partial charge in [-0.25, -0.2) is 4.98 Å². The molecule has 0 saturated carbocycles. The molecule has 2 rings (SSSR count). The van der Waals surface area contributed by atoms with Gasteiger partial charge in [0, 0.05) is 32.5 Å². The average Bonchev–Trinajstić information content (AvgIpc) is 2.87. The molecule has 1 N–H and O–H groups in total. The van der Waals surface area contributed by atoms with Crippen molar-refractivity contribution in [2.24, 2.45) is 7.05 Å². The van der Waals surface area contributed by atoms with Crippen molar-refractivity contribution in [2.75, 3.05) is 11.9 Å². The van der Waals surface area contributed by atoms with Crippen molar-refractivity contribution in [1.82, 2.24) is 19.3 Å². The molecular weight excluding hydrogens is 226 g/mol. The molecule has 96 valence electrons. The Hall–Kier alpha value is -2.04. The zero-order chi connectivity index (χ0) is 13.0. The smallest absolute Gasteiger partial charge is 0.203 e. The predicted molar refractivity (Wildman–Crippen MR) is 72.6 cm³/mol. The van der Waals surface area contributed by atoms with E-state index in [0.29, 0.717) is 0 Å². The van der Waals surface area contributed by atoms with Crippen LogP contribution in [-0.4, -0.2) is 25.9 Å². The first-order valence-electron chi connectivity index (χ1n) is 6.05. The zero-order valence-electron chi connectivity index (χ0n) is 10.9. The number of nitrogens with zero attached hydrogens (tertiary/aromatic N) is 4. The number of aromatic nitrogens is 4. The molecule has 0 atom stereocenters.